The third-order valence-electron chi connectivity index (χ3n) is 2.83. The van der Waals surface area contributed by atoms with Crippen LogP contribution in [0.15, 0.2) is 36.4 Å². The lowest BCUT2D eigenvalue weighted by Gasteiger charge is -2.11. The first-order valence-electron chi connectivity index (χ1n) is 6.20. The van der Waals surface area contributed by atoms with Crippen LogP contribution in [0.1, 0.15) is 5.56 Å². The Kier molecular flexibility index (Phi) is 5.34. The van der Waals surface area contributed by atoms with Gasteiger partial charge in [0.15, 0.2) is 0 Å². The molecule has 0 bridgehead atoms. The third kappa shape index (κ3) is 4.53. The average molecular weight is 344 g/mol. The second-order valence-corrected chi connectivity index (χ2v) is 5.77. The van der Waals surface area contributed by atoms with Gasteiger partial charge in [-0.2, -0.15) is 0 Å². The monoisotopic (exact) mass is 342 g/mol. The molecule has 0 aromatic heterocycles. The molecule has 1 amide bonds. The molecule has 0 unspecified atom stereocenters. The molecule has 0 spiro atoms. The Morgan fingerprint density at radius 3 is 2.38 bits per heavy atom. The van der Waals surface area contributed by atoms with Gasteiger partial charge >= 0.3 is 0 Å². The molecule has 0 fully saturated rings. The molecule has 3 nitrogen and oxygen atoms in total. The molecular weight excluding hydrogens is 331 g/mol. The lowest BCUT2D eigenvalue weighted by atomic mass is 10.2. The van der Waals surface area contributed by atoms with E-state index in [0.29, 0.717) is 20.8 Å². The van der Waals surface area contributed by atoms with Gasteiger partial charge in [0, 0.05) is 15.7 Å². The number of hydrogen-bond acceptors (Lipinski definition) is 2. The van der Waals surface area contributed by atoms with Crippen molar-refractivity contribution in [3.05, 3.63) is 57.0 Å². The van der Waals surface area contributed by atoms with Gasteiger partial charge in [-0.1, -0.05) is 34.8 Å². The fourth-order valence-electron chi connectivity index (χ4n) is 1.77. The maximum Gasteiger partial charge on any atom is 0.243 e. The normalized spacial score (nSPS) is 10.3. The molecule has 0 aliphatic heterocycles. The Labute approximate surface area is 138 Å². The number of hydrogen-bond donors (Lipinski definition) is 2. The Morgan fingerprint density at radius 2 is 1.67 bits per heavy atom. The summed E-state index contributed by atoms with van der Waals surface area (Å²) in [7, 11) is 0. The van der Waals surface area contributed by atoms with Crippen molar-refractivity contribution < 1.29 is 4.79 Å². The highest BCUT2D eigenvalue weighted by Crippen LogP contribution is 2.25. The van der Waals surface area contributed by atoms with E-state index in [1.165, 1.54) is 0 Å². The molecule has 6 heteroatoms. The zero-order chi connectivity index (χ0) is 15.4. The van der Waals surface area contributed by atoms with E-state index in [1.807, 2.05) is 6.92 Å². The fourth-order valence-corrected chi connectivity index (χ4v) is 2.35. The van der Waals surface area contributed by atoms with Crippen molar-refractivity contribution in [2.75, 3.05) is 17.2 Å². The molecule has 0 saturated carbocycles. The first-order chi connectivity index (χ1) is 9.95. The summed E-state index contributed by atoms with van der Waals surface area (Å²) < 4.78 is 0. The van der Waals surface area contributed by atoms with Crippen molar-refractivity contribution in [3.8, 4) is 0 Å². The van der Waals surface area contributed by atoms with Crippen molar-refractivity contribution in [1.29, 1.82) is 0 Å². The highest BCUT2D eigenvalue weighted by molar-refractivity contribution is 6.35. The van der Waals surface area contributed by atoms with Crippen LogP contribution < -0.4 is 10.6 Å². The number of amides is 1. The molecule has 110 valence electrons. The van der Waals surface area contributed by atoms with Crippen molar-refractivity contribution in [2.45, 2.75) is 6.92 Å². The molecule has 0 saturated heterocycles. The van der Waals surface area contributed by atoms with E-state index < -0.39 is 0 Å². The Balaban J connectivity index is 1.97. The molecule has 2 rings (SSSR count). The number of rotatable bonds is 4. The Morgan fingerprint density at radius 1 is 1.00 bits per heavy atom. The molecule has 0 heterocycles. The highest BCUT2D eigenvalue weighted by Gasteiger charge is 2.07. The van der Waals surface area contributed by atoms with E-state index in [4.69, 9.17) is 34.8 Å². The van der Waals surface area contributed by atoms with E-state index in [2.05, 4.69) is 10.6 Å². The average Bonchev–Trinajstić information content (AvgIpc) is 2.43. The van der Waals surface area contributed by atoms with Gasteiger partial charge in [-0.3, -0.25) is 4.79 Å². The first-order valence-corrected chi connectivity index (χ1v) is 7.34. The van der Waals surface area contributed by atoms with Crippen LogP contribution in [-0.2, 0) is 4.79 Å². The quantitative estimate of drug-likeness (QED) is 0.819. The summed E-state index contributed by atoms with van der Waals surface area (Å²) in [5.74, 6) is -0.184. The predicted octanol–water partition coefficient (Wildman–Crippen LogP) is 5.01. The van der Waals surface area contributed by atoms with Gasteiger partial charge in [0.05, 0.1) is 17.3 Å². The van der Waals surface area contributed by atoms with Crippen molar-refractivity contribution in [1.82, 2.24) is 0 Å². The molecule has 2 aromatic rings. The van der Waals surface area contributed by atoms with Crippen LogP contribution in [0.4, 0.5) is 11.4 Å². The van der Waals surface area contributed by atoms with Crippen LogP contribution in [0.3, 0.4) is 0 Å². The van der Waals surface area contributed by atoms with Gasteiger partial charge in [-0.15, -0.1) is 0 Å². The lowest BCUT2D eigenvalue weighted by Crippen LogP contribution is -2.22. The van der Waals surface area contributed by atoms with Gasteiger partial charge in [0.25, 0.3) is 0 Å². The first kappa shape index (κ1) is 16.0. The van der Waals surface area contributed by atoms with Crippen LogP contribution in [-0.4, -0.2) is 12.5 Å². The molecule has 21 heavy (non-hydrogen) atoms. The number of halogens is 3. The van der Waals surface area contributed by atoms with E-state index in [-0.39, 0.29) is 12.5 Å². The minimum Gasteiger partial charge on any atom is -0.375 e. The largest absolute Gasteiger partial charge is 0.375 e. The smallest absolute Gasteiger partial charge is 0.243 e. The molecule has 2 aromatic carbocycles. The predicted molar refractivity (Wildman–Crippen MR) is 89.8 cm³/mol. The number of nitrogens with one attached hydrogen (secondary N) is 2. The van der Waals surface area contributed by atoms with Crippen LogP contribution in [0.5, 0.6) is 0 Å². The summed E-state index contributed by atoms with van der Waals surface area (Å²) in [5.41, 5.74) is 2.24. The zero-order valence-electron chi connectivity index (χ0n) is 11.2. The van der Waals surface area contributed by atoms with Crippen molar-refractivity contribution in [3.63, 3.8) is 0 Å². The SMILES string of the molecule is Cc1cc(Cl)ccc1NC(=O)CNc1cc(Cl)ccc1Cl. The molecule has 0 aliphatic carbocycles. The summed E-state index contributed by atoms with van der Waals surface area (Å²) >= 11 is 17.8. The third-order valence-corrected chi connectivity index (χ3v) is 3.63. The number of aryl methyl sites for hydroxylation is 1. The van der Waals surface area contributed by atoms with Crippen LogP contribution >= 0.6 is 34.8 Å². The van der Waals surface area contributed by atoms with Crippen molar-refractivity contribution in [2.24, 2.45) is 0 Å². The zero-order valence-corrected chi connectivity index (χ0v) is 13.5. The van der Waals surface area contributed by atoms with Gasteiger partial charge in [0.2, 0.25) is 5.91 Å². The maximum atomic E-state index is 11.9. The lowest BCUT2D eigenvalue weighted by molar-refractivity contribution is -0.114. The summed E-state index contributed by atoms with van der Waals surface area (Å²) in [4.78, 5) is 11.9. The number of carbonyl (C=O) groups excluding carboxylic acids is 1. The van der Waals surface area contributed by atoms with Crippen LogP contribution in [0.25, 0.3) is 0 Å². The molecule has 0 aliphatic rings. The molecular formula is C15H13Cl3N2O. The number of carbonyl (C=O) groups is 1. The second kappa shape index (κ2) is 7.03. The van der Waals surface area contributed by atoms with E-state index in [0.717, 1.165) is 11.3 Å². The highest BCUT2D eigenvalue weighted by atomic mass is 35.5. The molecule has 0 radical (unpaired) electrons. The minimum atomic E-state index is -0.184. The fraction of sp³-hybridized carbons (Fsp3) is 0.133. The Bertz CT molecular complexity index is 674. The van der Waals surface area contributed by atoms with E-state index in [1.54, 1.807) is 36.4 Å². The summed E-state index contributed by atoms with van der Waals surface area (Å²) in [6, 6.07) is 10.3. The van der Waals surface area contributed by atoms with Crippen LogP contribution in [0.2, 0.25) is 15.1 Å². The second-order valence-electron chi connectivity index (χ2n) is 4.49. The molecule has 0 atom stereocenters. The van der Waals surface area contributed by atoms with E-state index in [9.17, 15) is 4.79 Å². The summed E-state index contributed by atoms with van der Waals surface area (Å²) in [6.07, 6.45) is 0. The summed E-state index contributed by atoms with van der Waals surface area (Å²) in [6.45, 7) is 1.96. The Hall–Kier alpha value is -1.42. The minimum absolute atomic E-state index is 0.0854. The maximum absolute atomic E-state index is 11.9. The number of benzene rings is 2. The van der Waals surface area contributed by atoms with Gasteiger partial charge in [0.1, 0.15) is 0 Å². The van der Waals surface area contributed by atoms with Crippen molar-refractivity contribution >= 4 is 52.1 Å². The standard InChI is InChI=1S/C15H13Cl3N2O/c1-9-6-10(16)3-5-13(9)20-15(21)8-19-14-7-11(17)2-4-12(14)18/h2-7,19H,8H2,1H3,(H,20,21). The summed E-state index contributed by atoms with van der Waals surface area (Å²) in [5, 5.41) is 7.45. The molecule has 2 N–H and O–H groups in total. The van der Waals surface area contributed by atoms with E-state index >= 15 is 0 Å². The topological polar surface area (TPSA) is 41.1 Å². The van der Waals surface area contributed by atoms with Gasteiger partial charge in [-0.05, 0) is 48.9 Å². The van der Waals surface area contributed by atoms with Crippen LogP contribution in [0, 0.1) is 6.92 Å². The van der Waals surface area contributed by atoms with Gasteiger partial charge in [-0.25, -0.2) is 0 Å². The number of anilines is 2. The van der Waals surface area contributed by atoms with Gasteiger partial charge < -0.3 is 10.6 Å².